The smallest absolute Gasteiger partial charge is 0.257 e. The first-order valence-electron chi connectivity index (χ1n) is 10.9. The maximum absolute atomic E-state index is 13.5. The Labute approximate surface area is 189 Å². The first-order valence-corrected chi connectivity index (χ1v) is 10.9. The second-order valence-corrected chi connectivity index (χ2v) is 8.48. The highest BCUT2D eigenvalue weighted by atomic mass is 16.1. The van der Waals surface area contributed by atoms with Gasteiger partial charge in [-0.25, -0.2) is 19.6 Å². The van der Waals surface area contributed by atoms with Gasteiger partial charge in [0.25, 0.3) is 5.91 Å². The largest absolute Gasteiger partial charge is 0.306 e. The number of hydrogen-bond donors (Lipinski definition) is 1. The van der Waals surface area contributed by atoms with Gasteiger partial charge in [-0.3, -0.25) is 9.48 Å². The summed E-state index contributed by atoms with van der Waals surface area (Å²) in [6.07, 6.45) is 5.27. The Balaban J connectivity index is 1.45. The van der Waals surface area contributed by atoms with Crippen LogP contribution < -0.4 is 5.32 Å². The van der Waals surface area contributed by atoms with Crippen molar-refractivity contribution < 1.29 is 4.79 Å². The minimum atomic E-state index is -0.240. The van der Waals surface area contributed by atoms with Gasteiger partial charge in [-0.2, -0.15) is 10.2 Å². The number of hydrogen-bond acceptors (Lipinski definition) is 6. The van der Waals surface area contributed by atoms with E-state index in [1.165, 1.54) is 6.33 Å². The van der Waals surface area contributed by atoms with E-state index in [-0.39, 0.29) is 5.91 Å². The maximum atomic E-state index is 13.5. The third-order valence-corrected chi connectivity index (χ3v) is 6.07. The highest BCUT2D eigenvalue weighted by molar-refractivity contribution is 6.14. The minimum absolute atomic E-state index is 0.240. The molecule has 9 nitrogen and oxygen atoms in total. The number of pyridine rings is 1. The van der Waals surface area contributed by atoms with Crippen molar-refractivity contribution >= 4 is 33.8 Å². The van der Waals surface area contributed by atoms with E-state index in [1.807, 2.05) is 35.9 Å². The zero-order chi connectivity index (χ0) is 22.5. The second-order valence-electron chi connectivity index (χ2n) is 8.48. The van der Waals surface area contributed by atoms with E-state index in [1.54, 1.807) is 17.9 Å². The molecule has 1 aromatic carbocycles. The van der Waals surface area contributed by atoms with Gasteiger partial charge in [0.15, 0.2) is 11.3 Å². The third kappa shape index (κ3) is 3.42. The normalized spacial score (nSPS) is 13.6. The molecule has 0 unspecified atom stereocenters. The van der Waals surface area contributed by atoms with Crippen LogP contribution in [0.4, 0.5) is 5.82 Å². The molecule has 0 saturated heterocycles. The number of carbonyl (C=O) groups excluding carboxylic acids is 1. The molecular weight excluding hydrogens is 416 g/mol. The van der Waals surface area contributed by atoms with E-state index in [0.29, 0.717) is 34.9 Å². The van der Waals surface area contributed by atoms with Crippen molar-refractivity contribution in [2.45, 2.75) is 32.2 Å². The van der Waals surface area contributed by atoms with Crippen molar-refractivity contribution in [2.75, 3.05) is 5.32 Å². The number of aryl methyl sites for hydroxylation is 2. The van der Waals surface area contributed by atoms with E-state index in [0.717, 1.165) is 40.8 Å². The standard InChI is InChI=1S/C24H22N8O/c1-14-20-17(24(33)29-21-18-11-27-31(2)22(18)26-13-25-21)10-19(16-8-9-16)28-23(20)32(30-14)12-15-6-4-3-5-7-15/h3-7,10-11,13,16H,8-9,12H2,1-2H3,(H,25,26,29,33). The summed E-state index contributed by atoms with van der Waals surface area (Å²) in [5, 5.41) is 13.4. The molecule has 6 rings (SSSR count). The Morgan fingerprint density at radius 3 is 2.76 bits per heavy atom. The molecule has 0 bridgehead atoms. The fourth-order valence-electron chi connectivity index (χ4n) is 4.24. The van der Waals surface area contributed by atoms with Crippen molar-refractivity contribution in [3.05, 3.63) is 71.4 Å². The molecule has 4 heterocycles. The Hall–Kier alpha value is -4.14. The molecule has 1 amide bonds. The molecule has 1 N–H and O–H groups in total. The zero-order valence-electron chi connectivity index (χ0n) is 18.4. The van der Waals surface area contributed by atoms with Crippen LogP contribution in [0.2, 0.25) is 0 Å². The predicted octanol–water partition coefficient (Wildman–Crippen LogP) is 3.59. The molecule has 0 atom stereocenters. The average molecular weight is 438 g/mol. The molecule has 164 valence electrons. The van der Waals surface area contributed by atoms with E-state index < -0.39 is 0 Å². The first kappa shape index (κ1) is 19.5. The monoisotopic (exact) mass is 438 g/mol. The molecule has 1 saturated carbocycles. The summed E-state index contributed by atoms with van der Waals surface area (Å²) in [6.45, 7) is 2.51. The summed E-state index contributed by atoms with van der Waals surface area (Å²) in [7, 11) is 1.81. The van der Waals surface area contributed by atoms with Crippen LogP contribution in [0.5, 0.6) is 0 Å². The Morgan fingerprint density at radius 2 is 1.97 bits per heavy atom. The minimum Gasteiger partial charge on any atom is -0.306 e. The number of anilines is 1. The van der Waals surface area contributed by atoms with Crippen LogP contribution in [0, 0.1) is 6.92 Å². The lowest BCUT2D eigenvalue weighted by Crippen LogP contribution is -2.15. The number of nitrogens with zero attached hydrogens (tertiary/aromatic N) is 7. The summed E-state index contributed by atoms with van der Waals surface area (Å²) in [5.41, 5.74) is 4.80. The number of amides is 1. The van der Waals surface area contributed by atoms with Gasteiger partial charge in [0.05, 0.1) is 34.8 Å². The molecule has 5 aromatic rings. The van der Waals surface area contributed by atoms with Gasteiger partial charge in [0, 0.05) is 18.7 Å². The fraction of sp³-hybridized carbons (Fsp3) is 0.250. The maximum Gasteiger partial charge on any atom is 0.257 e. The number of benzene rings is 1. The number of aromatic nitrogens is 7. The van der Waals surface area contributed by atoms with E-state index in [9.17, 15) is 4.79 Å². The quantitative estimate of drug-likeness (QED) is 0.450. The lowest BCUT2D eigenvalue weighted by molar-refractivity contribution is 0.102. The van der Waals surface area contributed by atoms with Crippen LogP contribution >= 0.6 is 0 Å². The zero-order valence-corrected chi connectivity index (χ0v) is 18.4. The third-order valence-electron chi connectivity index (χ3n) is 6.07. The molecule has 1 fully saturated rings. The van der Waals surface area contributed by atoms with Gasteiger partial charge in [0.2, 0.25) is 0 Å². The van der Waals surface area contributed by atoms with Crippen LogP contribution in [0.3, 0.4) is 0 Å². The predicted molar refractivity (Wildman–Crippen MR) is 124 cm³/mol. The lowest BCUT2D eigenvalue weighted by atomic mass is 10.1. The molecule has 4 aromatic heterocycles. The fourth-order valence-corrected chi connectivity index (χ4v) is 4.24. The van der Waals surface area contributed by atoms with Gasteiger partial charge in [-0.15, -0.1) is 0 Å². The molecule has 0 aliphatic heterocycles. The van der Waals surface area contributed by atoms with Crippen LogP contribution in [0.1, 0.15) is 46.1 Å². The number of rotatable bonds is 5. The van der Waals surface area contributed by atoms with Gasteiger partial charge in [0.1, 0.15) is 12.1 Å². The van der Waals surface area contributed by atoms with Crippen molar-refractivity contribution in [3.63, 3.8) is 0 Å². The second kappa shape index (κ2) is 7.47. The molecule has 33 heavy (non-hydrogen) atoms. The van der Waals surface area contributed by atoms with Crippen molar-refractivity contribution in [1.82, 2.24) is 34.5 Å². The summed E-state index contributed by atoms with van der Waals surface area (Å²) >= 11 is 0. The molecule has 9 heteroatoms. The lowest BCUT2D eigenvalue weighted by Gasteiger charge is -2.10. The van der Waals surface area contributed by atoms with Gasteiger partial charge in [-0.05, 0) is 31.4 Å². The van der Waals surface area contributed by atoms with E-state index in [2.05, 4.69) is 32.5 Å². The molecule has 0 spiro atoms. The summed E-state index contributed by atoms with van der Waals surface area (Å²) in [4.78, 5) is 27.0. The highest BCUT2D eigenvalue weighted by Crippen LogP contribution is 2.40. The van der Waals surface area contributed by atoms with Gasteiger partial charge < -0.3 is 5.32 Å². The Kier molecular flexibility index (Phi) is 4.42. The summed E-state index contributed by atoms with van der Waals surface area (Å²) in [5.74, 6) is 0.589. The van der Waals surface area contributed by atoms with E-state index >= 15 is 0 Å². The molecule has 1 aliphatic rings. The number of nitrogens with one attached hydrogen (secondary N) is 1. The average Bonchev–Trinajstić information content (AvgIpc) is 3.54. The van der Waals surface area contributed by atoms with Crippen molar-refractivity contribution in [1.29, 1.82) is 0 Å². The van der Waals surface area contributed by atoms with Crippen molar-refractivity contribution in [3.8, 4) is 0 Å². The van der Waals surface area contributed by atoms with Crippen LogP contribution in [-0.4, -0.2) is 40.4 Å². The summed E-state index contributed by atoms with van der Waals surface area (Å²) in [6, 6.07) is 12.1. The van der Waals surface area contributed by atoms with Crippen LogP contribution in [0.15, 0.2) is 48.9 Å². The van der Waals surface area contributed by atoms with Gasteiger partial charge in [-0.1, -0.05) is 30.3 Å². The number of carbonyl (C=O) groups is 1. The molecular formula is C24H22N8O. The first-order chi connectivity index (χ1) is 16.1. The van der Waals surface area contributed by atoms with Crippen molar-refractivity contribution in [2.24, 2.45) is 7.05 Å². The number of fused-ring (bicyclic) bond motifs is 2. The SMILES string of the molecule is Cc1nn(Cc2ccccc2)c2nc(C3CC3)cc(C(=O)Nc3ncnc4c3cnn4C)c12. The van der Waals surface area contributed by atoms with Crippen LogP contribution in [-0.2, 0) is 13.6 Å². The highest BCUT2D eigenvalue weighted by Gasteiger charge is 2.29. The topological polar surface area (TPSA) is 103 Å². The van der Waals surface area contributed by atoms with Gasteiger partial charge >= 0.3 is 0 Å². The van der Waals surface area contributed by atoms with E-state index in [4.69, 9.17) is 10.1 Å². The molecule has 1 aliphatic carbocycles. The Morgan fingerprint density at radius 1 is 1.15 bits per heavy atom. The molecule has 0 radical (unpaired) electrons. The summed E-state index contributed by atoms with van der Waals surface area (Å²) < 4.78 is 3.55. The van der Waals surface area contributed by atoms with Crippen LogP contribution in [0.25, 0.3) is 22.1 Å². The Bertz CT molecular complexity index is 1510.